The molecule has 0 unspecified atom stereocenters. The van der Waals surface area contributed by atoms with Gasteiger partial charge in [-0.25, -0.2) is 14.6 Å². The zero-order valence-corrected chi connectivity index (χ0v) is 27.6. The summed E-state index contributed by atoms with van der Waals surface area (Å²) < 4.78 is 24.1. The minimum atomic E-state index is -0.697. The van der Waals surface area contributed by atoms with Gasteiger partial charge >= 0.3 is 12.2 Å². The molecule has 5 aromatic rings. The van der Waals surface area contributed by atoms with E-state index in [2.05, 4.69) is 20.4 Å². The molecule has 242 valence electrons. The van der Waals surface area contributed by atoms with Crippen LogP contribution in [0.3, 0.4) is 0 Å². The van der Waals surface area contributed by atoms with E-state index in [-0.39, 0.29) is 5.82 Å². The van der Waals surface area contributed by atoms with Gasteiger partial charge in [0.2, 0.25) is 0 Å². The zero-order valence-electron chi connectivity index (χ0n) is 27.6. The van der Waals surface area contributed by atoms with E-state index in [9.17, 15) is 9.59 Å². The Morgan fingerprint density at radius 3 is 2.43 bits per heavy atom. The Kier molecular flexibility index (Phi) is 8.96. The number of carbonyl (C=O) groups excluding carboxylic acids is 2. The Balaban J connectivity index is 1.45. The smallest absolute Gasteiger partial charge is 0.435 e. The molecule has 5 rings (SSSR count). The summed E-state index contributed by atoms with van der Waals surface area (Å²) in [7, 11) is 1.66. The molecule has 46 heavy (non-hydrogen) atoms. The Morgan fingerprint density at radius 2 is 1.72 bits per heavy atom. The fourth-order valence-corrected chi connectivity index (χ4v) is 5.14. The molecule has 0 saturated heterocycles. The first-order chi connectivity index (χ1) is 21.7. The van der Waals surface area contributed by atoms with E-state index in [0.717, 1.165) is 40.4 Å². The van der Waals surface area contributed by atoms with Crippen molar-refractivity contribution in [1.82, 2.24) is 19.7 Å². The van der Waals surface area contributed by atoms with Gasteiger partial charge in [-0.2, -0.15) is 9.78 Å². The number of rotatable bonds is 8. The predicted molar refractivity (Wildman–Crippen MR) is 178 cm³/mol. The third-order valence-electron chi connectivity index (χ3n) is 7.07. The third-order valence-corrected chi connectivity index (χ3v) is 7.07. The molecule has 0 aliphatic rings. The second-order valence-corrected chi connectivity index (χ2v) is 13.0. The predicted octanol–water partition coefficient (Wildman–Crippen LogP) is 8.04. The van der Waals surface area contributed by atoms with E-state index in [1.165, 1.54) is 10.2 Å². The van der Waals surface area contributed by atoms with Gasteiger partial charge in [-0.15, -0.1) is 0 Å². The van der Waals surface area contributed by atoms with Gasteiger partial charge in [-0.1, -0.05) is 6.07 Å². The molecular weight excluding hydrogens is 586 g/mol. The van der Waals surface area contributed by atoms with Crippen molar-refractivity contribution in [3.63, 3.8) is 0 Å². The van der Waals surface area contributed by atoms with Crippen LogP contribution in [0, 0.1) is 6.92 Å². The van der Waals surface area contributed by atoms with E-state index in [1.54, 1.807) is 46.2 Å². The number of aryl methyl sites for hydroxylation is 2. The number of amides is 1. The second-order valence-electron chi connectivity index (χ2n) is 13.0. The van der Waals surface area contributed by atoms with Crippen molar-refractivity contribution < 1.29 is 28.5 Å². The molecule has 2 aromatic carbocycles. The highest BCUT2D eigenvalue weighted by Gasteiger charge is 2.24. The van der Waals surface area contributed by atoms with Crippen molar-refractivity contribution in [3.05, 3.63) is 66.1 Å². The number of ether oxygens (including phenoxy) is 4. The van der Waals surface area contributed by atoms with E-state index in [0.29, 0.717) is 29.1 Å². The lowest BCUT2D eigenvalue weighted by Crippen LogP contribution is -2.27. The van der Waals surface area contributed by atoms with Crippen LogP contribution in [0.5, 0.6) is 11.5 Å². The number of H-pyrrole nitrogens is 1. The van der Waals surface area contributed by atoms with Crippen LogP contribution in [-0.2, 0) is 15.9 Å². The molecule has 2 N–H and O–H groups in total. The number of methoxy groups -OCH3 is 1. The molecule has 0 aliphatic heterocycles. The fraction of sp³-hybridized carbons (Fsp3) is 0.371. The van der Waals surface area contributed by atoms with Gasteiger partial charge in [0.25, 0.3) is 0 Å². The van der Waals surface area contributed by atoms with Gasteiger partial charge < -0.3 is 23.9 Å². The average molecular weight is 628 g/mol. The number of aromatic amines is 1. The van der Waals surface area contributed by atoms with Crippen LogP contribution >= 0.6 is 0 Å². The van der Waals surface area contributed by atoms with Crippen molar-refractivity contribution in [2.45, 2.75) is 72.5 Å². The van der Waals surface area contributed by atoms with E-state index in [1.807, 2.05) is 64.2 Å². The number of hydrogen-bond acceptors (Lipinski definition) is 8. The summed E-state index contributed by atoms with van der Waals surface area (Å²) in [5.41, 5.74) is 3.39. The van der Waals surface area contributed by atoms with Crippen LogP contribution < -0.4 is 14.8 Å². The lowest BCUT2D eigenvalue weighted by Gasteiger charge is -2.21. The van der Waals surface area contributed by atoms with E-state index in [4.69, 9.17) is 18.9 Å². The largest absolute Gasteiger partial charge is 0.497 e. The second kappa shape index (κ2) is 12.7. The highest BCUT2D eigenvalue weighted by Crippen LogP contribution is 2.38. The Bertz CT molecular complexity index is 1890. The summed E-state index contributed by atoms with van der Waals surface area (Å²) in [6, 6.07) is 13.3. The summed E-state index contributed by atoms with van der Waals surface area (Å²) >= 11 is 0. The molecule has 1 amide bonds. The number of hydrogen-bond donors (Lipinski definition) is 2. The molecule has 0 fully saturated rings. The molecule has 0 radical (unpaired) electrons. The molecule has 0 bridgehead atoms. The highest BCUT2D eigenvalue weighted by molar-refractivity contribution is 5.97. The number of anilines is 1. The molecular formula is C35H41N5O6. The molecule has 11 nitrogen and oxygen atoms in total. The summed E-state index contributed by atoms with van der Waals surface area (Å²) in [5.74, 6) is 1.63. The van der Waals surface area contributed by atoms with Gasteiger partial charge in [-0.3, -0.25) is 5.32 Å². The number of carbonyl (C=O) groups is 2. The number of pyridine rings is 1. The SMILES string of the molecule is COc1ccc2[nH]cc(CCCOc3ccnc(NC(=O)OC(C)(C)C)c3-c3ccc4c(c3)c(C)nn4C(=O)OC(C)(C)C)c2c1. The zero-order chi connectivity index (χ0) is 33.2. The molecule has 3 heterocycles. The maximum absolute atomic E-state index is 12.9. The molecule has 0 saturated carbocycles. The number of nitrogens with one attached hydrogen (secondary N) is 2. The van der Waals surface area contributed by atoms with Gasteiger partial charge in [-0.05, 0) is 109 Å². The van der Waals surface area contributed by atoms with Gasteiger partial charge in [0.1, 0.15) is 28.5 Å². The Morgan fingerprint density at radius 1 is 0.957 bits per heavy atom. The number of fused-ring (bicyclic) bond motifs is 2. The maximum atomic E-state index is 12.9. The molecule has 3 aromatic heterocycles. The van der Waals surface area contributed by atoms with Crippen molar-refractivity contribution in [3.8, 4) is 22.6 Å². The minimum Gasteiger partial charge on any atom is -0.497 e. The monoisotopic (exact) mass is 627 g/mol. The minimum absolute atomic E-state index is 0.284. The van der Waals surface area contributed by atoms with Crippen LogP contribution in [-0.4, -0.2) is 56.9 Å². The van der Waals surface area contributed by atoms with Crippen LogP contribution in [0.15, 0.2) is 54.9 Å². The number of aromatic nitrogens is 4. The molecule has 0 atom stereocenters. The summed E-state index contributed by atoms with van der Waals surface area (Å²) in [6.45, 7) is 13.0. The summed E-state index contributed by atoms with van der Waals surface area (Å²) in [6.07, 6.45) is 3.92. The quantitative estimate of drug-likeness (QED) is 0.165. The normalized spacial score (nSPS) is 11.9. The third kappa shape index (κ3) is 7.42. The van der Waals surface area contributed by atoms with Crippen LogP contribution in [0.4, 0.5) is 15.4 Å². The topological polar surface area (TPSA) is 130 Å². The van der Waals surface area contributed by atoms with Crippen molar-refractivity contribution in [1.29, 1.82) is 0 Å². The first kappa shape index (κ1) is 32.3. The van der Waals surface area contributed by atoms with E-state index < -0.39 is 23.4 Å². The van der Waals surface area contributed by atoms with Crippen molar-refractivity contribution >= 4 is 39.8 Å². The standard InChI is InChI=1S/C35H41N5O6/c1-21-25-18-22(11-14-28(25)40(39-21)33(42)46-35(5,6)7)30-29(15-16-36-31(30)38-32(41)45-34(2,3)4)44-17-9-10-23-20-37-27-13-12-24(43-8)19-26(23)27/h11-16,18-20,37H,9-10,17H2,1-8H3,(H,36,38,41). The van der Waals surface area contributed by atoms with Crippen LogP contribution in [0.1, 0.15) is 59.2 Å². The lowest BCUT2D eigenvalue weighted by atomic mass is 10.0. The van der Waals surface area contributed by atoms with Crippen LogP contribution in [0.25, 0.3) is 32.9 Å². The van der Waals surface area contributed by atoms with Gasteiger partial charge in [0.05, 0.1) is 30.5 Å². The maximum Gasteiger partial charge on any atom is 0.435 e. The lowest BCUT2D eigenvalue weighted by molar-refractivity contribution is 0.0521. The van der Waals surface area contributed by atoms with Gasteiger partial charge in [0, 0.05) is 28.7 Å². The first-order valence-corrected chi connectivity index (χ1v) is 15.2. The van der Waals surface area contributed by atoms with Crippen molar-refractivity contribution in [2.75, 3.05) is 19.0 Å². The first-order valence-electron chi connectivity index (χ1n) is 15.2. The Labute approximate surface area is 268 Å². The van der Waals surface area contributed by atoms with Crippen molar-refractivity contribution in [2.24, 2.45) is 0 Å². The summed E-state index contributed by atoms with van der Waals surface area (Å²) in [5, 5.41) is 9.11. The molecule has 0 spiro atoms. The Hall–Kier alpha value is -5.06. The molecule has 11 heteroatoms. The number of benzene rings is 2. The highest BCUT2D eigenvalue weighted by atomic mass is 16.6. The summed E-state index contributed by atoms with van der Waals surface area (Å²) in [4.78, 5) is 33.5. The van der Waals surface area contributed by atoms with Gasteiger partial charge in [0.15, 0.2) is 0 Å². The average Bonchev–Trinajstić information content (AvgIpc) is 3.53. The van der Waals surface area contributed by atoms with Crippen LogP contribution in [0.2, 0.25) is 0 Å². The number of nitrogens with zero attached hydrogens (tertiary/aromatic N) is 3. The van der Waals surface area contributed by atoms with E-state index >= 15 is 0 Å². The fourth-order valence-electron chi connectivity index (χ4n) is 5.14. The molecule has 0 aliphatic carbocycles.